The third-order valence-electron chi connectivity index (χ3n) is 3.10. The van der Waals surface area contributed by atoms with Gasteiger partial charge in [-0.1, -0.05) is 29.8 Å². The lowest BCUT2D eigenvalue weighted by Crippen LogP contribution is -3.00. The number of aromatic nitrogens is 1. The molecule has 1 heterocycles. The van der Waals surface area contributed by atoms with Crippen molar-refractivity contribution in [3.05, 3.63) is 65.5 Å². The molecule has 4 nitrogen and oxygen atoms in total. The average molecular weight is 364 g/mol. The van der Waals surface area contributed by atoms with Gasteiger partial charge in [0.2, 0.25) is 12.3 Å². The molecule has 0 radical (unpaired) electrons. The van der Waals surface area contributed by atoms with Crippen LogP contribution in [0.4, 0.5) is 0 Å². The molecule has 22 heavy (non-hydrogen) atoms. The smallest absolute Gasteiger partial charge is 0.338 e. The van der Waals surface area contributed by atoms with Crippen molar-refractivity contribution in [3.8, 4) is 0 Å². The minimum absolute atomic E-state index is 0. The van der Waals surface area contributed by atoms with Crippen LogP contribution in [0, 0.1) is 6.92 Å². The second-order valence-corrected chi connectivity index (χ2v) is 4.77. The first-order valence-electron chi connectivity index (χ1n) is 6.86. The molecule has 0 aliphatic heterocycles. The number of halogens is 1. The van der Waals surface area contributed by atoms with Gasteiger partial charge in [-0.3, -0.25) is 4.79 Å². The molecule has 5 heteroatoms. The summed E-state index contributed by atoms with van der Waals surface area (Å²) in [5.41, 5.74) is 2.29. The Morgan fingerprint density at radius 1 is 1.00 bits per heavy atom. The van der Waals surface area contributed by atoms with Crippen LogP contribution < -0.4 is 21.5 Å². The van der Waals surface area contributed by atoms with Gasteiger partial charge in [-0.25, -0.2) is 4.79 Å². The zero-order chi connectivity index (χ0) is 15.2. The van der Waals surface area contributed by atoms with Crippen molar-refractivity contribution in [1.29, 1.82) is 0 Å². The Morgan fingerprint density at radius 2 is 1.59 bits per heavy atom. The first-order valence-corrected chi connectivity index (χ1v) is 6.86. The lowest BCUT2D eigenvalue weighted by Gasteiger charge is -2.01. The van der Waals surface area contributed by atoms with Crippen LogP contribution in [0.1, 0.15) is 33.2 Å². The summed E-state index contributed by atoms with van der Waals surface area (Å²) in [4.78, 5) is 23.7. The second-order valence-electron chi connectivity index (χ2n) is 4.77. The van der Waals surface area contributed by atoms with Crippen LogP contribution >= 0.6 is 0 Å². The minimum Gasteiger partial charge on any atom is -1.00 e. The Kier molecular flexibility index (Phi) is 6.92. The zero-order valence-electron chi connectivity index (χ0n) is 12.6. The Balaban J connectivity index is 0.00000242. The van der Waals surface area contributed by atoms with Crippen LogP contribution in [-0.4, -0.2) is 18.4 Å². The molecule has 0 spiro atoms. The molecule has 0 N–H and O–H groups in total. The molecule has 0 saturated carbocycles. The fourth-order valence-electron chi connectivity index (χ4n) is 1.91. The predicted molar refractivity (Wildman–Crippen MR) is 78.1 cm³/mol. The van der Waals surface area contributed by atoms with Crippen molar-refractivity contribution >= 4 is 11.8 Å². The number of ether oxygens (including phenoxy) is 1. The molecule has 2 aromatic rings. The number of Topliss-reactive ketones (excluding diaryl/α,β-unsaturated/α-hetero) is 1. The Bertz CT molecular complexity index is 636. The summed E-state index contributed by atoms with van der Waals surface area (Å²) in [6.45, 7) is 4.34. The van der Waals surface area contributed by atoms with Crippen LogP contribution in [0.15, 0.2) is 48.8 Å². The summed E-state index contributed by atoms with van der Waals surface area (Å²) >= 11 is 0. The van der Waals surface area contributed by atoms with Gasteiger partial charge in [-0.15, -0.1) is 0 Å². The quantitative estimate of drug-likeness (QED) is 0.402. The van der Waals surface area contributed by atoms with Gasteiger partial charge in [0.05, 0.1) is 12.2 Å². The number of nitrogens with zero attached hydrogens (tertiary/aromatic N) is 1. The van der Waals surface area contributed by atoms with Gasteiger partial charge in [-0.05, 0) is 13.8 Å². The number of carbonyl (C=O) groups is 2. The normalized spacial score (nSPS) is 9.73. The minimum atomic E-state index is -0.352. The third kappa shape index (κ3) is 4.77. The molecular formula is C17H18BrNO3. The van der Waals surface area contributed by atoms with Crippen LogP contribution in [-0.2, 0) is 11.3 Å². The lowest BCUT2D eigenvalue weighted by molar-refractivity contribution is -0.683. The van der Waals surface area contributed by atoms with E-state index < -0.39 is 0 Å². The largest absolute Gasteiger partial charge is 1.00 e. The molecule has 0 aliphatic carbocycles. The van der Waals surface area contributed by atoms with Gasteiger partial charge in [-0.2, -0.15) is 4.57 Å². The number of aryl methyl sites for hydroxylation is 1. The van der Waals surface area contributed by atoms with E-state index in [1.54, 1.807) is 36.0 Å². The third-order valence-corrected chi connectivity index (χ3v) is 3.10. The van der Waals surface area contributed by atoms with Crippen LogP contribution in [0.3, 0.4) is 0 Å². The number of rotatable bonds is 5. The number of hydrogen-bond acceptors (Lipinski definition) is 3. The number of benzene rings is 1. The molecule has 2 rings (SSSR count). The lowest BCUT2D eigenvalue weighted by atomic mass is 10.1. The highest BCUT2D eigenvalue weighted by Gasteiger charge is 2.13. The van der Waals surface area contributed by atoms with Crippen molar-refractivity contribution < 1.29 is 35.9 Å². The van der Waals surface area contributed by atoms with Crippen LogP contribution in [0.25, 0.3) is 0 Å². The van der Waals surface area contributed by atoms with Crippen molar-refractivity contribution in [2.24, 2.45) is 0 Å². The fraction of sp³-hybridized carbons (Fsp3) is 0.235. The van der Waals surface area contributed by atoms with E-state index in [9.17, 15) is 9.59 Å². The maximum atomic E-state index is 12.1. The summed E-state index contributed by atoms with van der Waals surface area (Å²) in [5.74, 6) is -0.321. The summed E-state index contributed by atoms with van der Waals surface area (Å²) < 4.78 is 6.66. The molecule has 0 atom stereocenters. The van der Waals surface area contributed by atoms with Gasteiger partial charge in [0, 0.05) is 17.7 Å². The fourth-order valence-corrected chi connectivity index (χ4v) is 1.91. The van der Waals surface area contributed by atoms with Gasteiger partial charge < -0.3 is 21.7 Å². The number of ketones is 1. The molecule has 0 bridgehead atoms. The monoisotopic (exact) mass is 363 g/mol. The molecule has 1 aromatic carbocycles. The Labute approximate surface area is 140 Å². The molecule has 0 amide bonds. The summed E-state index contributed by atoms with van der Waals surface area (Å²) in [6.07, 6.45) is 3.41. The van der Waals surface area contributed by atoms with E-state index in [1.165, 1.54) is 0 Å². The highest BCUT2D eigenvalue weighted by Crippen LogP contribution is 2.04. The maximum absolute atomic E-state index is 12.1. The van der Waals surface area contributed by atoms with Crippen LogP contribution in [0.5, 0.6) is 0 Å². The van der Waals surface area contributed by atoms with Gasteiger partial charge in [0.15, 0.2) is 12.4 Å². The highest BCUT2D eigenvalue weighted by atomic mass is 79.9. The molecule has 0 aliphatic rings. The summed E-state index contributed by atoms with van der Waals surface area (Å²) in [5, 5.41) is 0. The number of hydrogen-bond donors (Lipinski definition) is 0. The van der Waals surface area contributed by atoms with Gasteiger partial charge in [0.1, 0.15) is 0 Å². The Morgan fingerprint density at radius 3 is 2.14 bits per heavy atom. The Hall–Kier alpha value is -2.01. The zero-order valence-corrected chi connectivity index (χ0v) is 14.2. The second kappa shape index (κ2) is 8.44. The summed E-state index contributed by atoms with van der Waals surface area (Å²) in [7, 11) is 0. The van der Waals surface area contributed by atoms with Crippen LogP contribution in [0.2, 0.25) is 0 Å². The molecule has 0 saturated heterocycles. The number of pyridine rings is 1. The van der Waals surface area contributed by atoms with Crippen molar-refractivity contribution in [2.75, 3.05) is 6.61 Å². The van der Waals surface area contributed by atoms with E-state index in [-0.39, 0.29) is 35.3 Å². The van der Waals surface area contributed by atoms with Gasteiger partial charge >= 0.3 is 5.97 Å². The number of esters is 1. The molecule has 0 fully saturated rings. The first-order chi connectivity index (χ1) is 10.1. The standard InChI is InChI=1S/C17H18NO3.BrH/c1-3-21-17(20)15-8-10-18(11-9-15)12-16(19)14-6-4-13(2)5-7-14;/h4-11H,3,12H2,1-2H3;1H/q+1;/p-1. The number of carbonyl (C=O) groups excluding carboxylic acids is 2. The molecule has 116 valence electrons. The average Bonchev–Trinajstić information content (AvgIpc) is 2.49. The maximum Gasteiger partial charge on any atom is 0.338 e. The molecule has 0 unspecified atom stereocenters. The molecular weight excluding hydrogens is 346 g/mol. The predicted octanol–water partition coefficient (Wildman–Crippen LogP) is -0.654. The van der Waals surface area contributed by atoms with Gasteiger partial charge in [0.25, 0.3) is 0 Å². The van der Waals surface area contributed by atoms with E-state index in [4.69, 9.17) is 4.74 Å². The first kappa shape index (κ1) is 18.0. The molecule has 1 aromatic heterocycles. The van der Waals surface area contributed by atoms with E-state index in [0.717, 1.165) is 5.56 Å². The van der Waals surface area contributed by atoms with E-state index in [2.05, 4.69) is 0 Å². The van der Waals surface area contributed by atoms with Crippen molar-refractivity contribution in [2.45, 2.75) is 20.4 Å². The van der Waals surface area contributed by atoms with Crippen molar-refractivity contribution in [1.82, 2.24) is 0 Å². The van der Waals surface area contributed by atoms with Crippen molar-refractivity contribution in [3.63, 3.8) is 0 Å². The summed E-state index contributed by atoms with van der Waals surface area (Å²) in [6, 6.07) is 10.8. The highest BCUT2D eigenvalue weighted by molar-refractivity contribution is 5.95. The topological polar surface area (TPSA) is 47.2 Å². The van der Waals surface area contributed by atoms with E-state index >= 15 is 0 Å². The van der Waals surface area contributed by atoms with E-state index in [0.29, 0.717) is 17.7 Å². The van der Waals surface area contributed by atoms with E-state index in [1.807, 2.05) is 31.2 Å². The SMILES string of the molecule is CCOC(=O)c1cc[n+](CC(=O)c2ccc(C)cc2)cc1.[Br-].